The maximum atomic E-state index is 13.6. The molecule has 0 bridgehead atoms. The molecule has 2 N–H and O–H groups in total. The van der Waals surface area contributed by atoms with E-state index in [2.05, 4.69) is 0 Å². The summed E-state index contributed by atoms with van der Waals surface area (Å²) in [5.74, 6) is -2.45. The first kappa shape index (κ1) is 26.2. The summed E-state index contributed by atoms with van der Waals surface area (Å²) in [4.78, 5) is 27.0. The van der Waals surface area contributed by atoms with E-state index in [4.69, 9.17) is 5.73 Å². The number of rotatable bonds is 8. The van der Waals surface area contributed by atoms with Crippen LogP contribution in [0.3, 0.4) is 0 Å². The molecular formula is C28H32F4N2O2. The number of benzene rings is 2. The van der Waals surface area contributed by atoms with E-state index < -0.39 is 12.1 Å². The van der Waals surface area contributed by atoms with Crippen molar-refractivity contribution < 1.29 is 27.2 Å². The normalized spacial score (nSPS) is 23.2. The molecule has 2 aromatic carbocycles. The molecule has 0 spiro atoms. The fourth-order valence-corrected chi connectivity index (χ4v) is 5.52. The van der Waals surface area contributed by atoms with Crippen molar-refractivity contribution in [2.75, 3.05) is 0 Å². The highest BCUT2D eigenvalue weighted by Crippen LogP contribution is 2.46. The monoisotopic (exact) mass is 504 g/mol. The minimum absolute atomic E-state index is 0.000858. The average Bonchev–Trinajstić information content (AvgIpc) is 3.68. The molecule has 2 aliphatic rings. The Morgan fingerprint density at radius 2 is 1.53 bits per heavy atom. The summed E-state index contributed by atoms with van der Waals surface area (Å²) in [6, 6.07) is 12.3. The van der Waals surface area contributed by atoms with Gasteiger partial charge in [-0.2, -0.15) is 13.2 Å². The van der Waals surface area contributed by atoms with Gasteiger partial charge in [0, 0.05) is 24.1 Å². The molecule has 0 heterocycles. The number of carbonyl (C=O) groups is 2. The van der Waals surface area contributed by atoms with Gasteiger partial charge in [-0.1, -0.05) is 24.3 Å². The Morgan fingerprint density at radius 1 is 0.972 bits per heavy atom. The number of alkyl halides is 3. The van der Waals surface area contributed by atoms with E-state index in [1.807, 2.05) is 4.90 Å². The smallest absolute Gasteiger partial charge is 0.370 e. The van der Waals surface area contributed by atoms with Crippen LogP contribution in [0, 0.1) is 5.82 Å². The second-order valence-electron chi connectivity index (χ2n) is 10.3. The van der Waals surface area contributed by atoms with Crippen molar-refractivity contribution in [2.24, 2.45) is 5.73 Å². The Kier molecular flexibility index (Phi) is 7.43. The lowest BCUT2D eigenvalue weighted by Gasteiger charge is -2.44. The molecule has 2 aromatic rings. The zero-order chi connectivity index (χ0) is 26.1. The Morgan fingerprint density at radius 3 is 2.03 bits per heavy atom. The van der Waals surface area contributed by atoms with Gasteiger partial charge in [0.05, 0.1) is 5.92 Å². The number of amides is 2. The van der Waals surface area contributed by atoms with Crippen LogP contribution in [0.15, 0.2) is 48.5 Å². The van der Waals surface area contributed by atoms with Crippen molar-refractivity contribution in [3.05, 3.63) is 71.0 Å². The van der Waals surface area contributed by atoms with Gasteiger partial charge in [0.25, 0.3) is 5.91 Å². The van der Waals surface area contributed by atoms with Crippen molar-refractivity contribution in [3.63, 3.8) is 0 Å². The molecule has 2 aliphatic carbocycles. The molecule has 2 fully saturated rings. The summed E-state index contributed by atoms with van der Waals surface area (Å²) in [6.07, 6.45) is 1.20. The summed E-state index contributed by atoms with van der Waals surface area (Å²) in [7, 11) is 0. The molecule has 1 atom stereocenters. The quantitative estimate of drug-likeness (QED) is 0.433. The zero-order valence-corrected chi connectivity index (χ0v) is 20.4. The van der Waals surface area contributed by atoms with Gasteiger partial charge in [-0.05, 0) is 92.7 Å². The molecule has 0 aliphatic heterocycles. The van der Waals surface area contributed by atoms with Gasteiger partial charge in [0.2, 0.25) is 5.91 Å². The number of halogens is 4. The average molecular weight is 505 g/mol. The Hall–Kier alpha value is -2.90. The number of hydrogen-bond donors (Lipinski definition) is 1. The maximum absolute atomic E-state index is 13.6. The van der Waals surface area contributed by atoms with Crippen LogP contribution in [0.4, 0.5) is 17.6 Å². The first-order chi connectivity index (χ1) is 17.0. The highest BCUT2D eigenvalue weighted by molar-refractivity contribution is 5.95. The minimum atomic E-state index is -4.33. The number of hydrogen-bond acceptors (Lipinski definition) is 2. The highest BCUT2D eigenvalue weighted by atomic mass is 19.4. The Labute approximate surface area is 208 Å². The SMILES string of the molecule is CC(c1ccc(C(=O)N(C2CC2)C2CCC(CCC(N)=O)(c3ccc(F)cc3)CC2)cc1)C(F)(F)F. The largest absolute Gasteiger partial charge is 0.395 e. The molecule has 0 aromatic heterocycles. The van der Waals surface area contributed by atoms with Gasteiger partial charge in [0.15, 0.2) is 0 Å². The van der Waals surface area contributed by atoms with E-state index >= 15 is 0 Å². The molecule has 36 heavy (non-hydrogen) atoms. The lowest BCUT2D eigenvalue weighted by Crippen LogP contribution is -2.46. The second kappa shape index (κ2) is 10.2. The third-order valence-corrected chi connectivity index (χ3v) is 7.94. The molecule has 2 amide bonds. The fourth-order valence-electron chi connectivity index (χ4n) is 5.52. The summed E-state index contributed by atoms with van der Waals surface area (Å²) in [5, 5.41) is 0. The summed E-state index contributed by atoms with van der Waals surface area (Å²) < 4.78 is 52.8. The molecular weight excluding hydrogens is 472 g/mol. The van der Waals surface area contributed by atoms with Gasteiger partial charge in [-0.25, -0.2) is 4.39 Å². The van der Waals surface area contributed by atoms with E-state index in [9.17, 15) is 27.2 Å². The number of nitrogens with zero attached hydrogens (tertiary/aromatic N) is 1. The number of primary amides is 1. The first-order valence-electron chi connectivity index (χ1n) is 12.5. The van der Waals surface area contributed by atoms with Crippen LogP contribution in [0.25, 0.3) is 0 Å². The molecule has 2 saturated carbocycles. The molecule has 0 radical (unpaired) electrons. The van der Waals surface area contributed by atoms with E-state index in [0.29, 0.717) is 12.0 Å². The standard InChI is InChI=1S/C28H32F4N2O2/c1-18(28(30,31)32)19-2-4-20(5-3-19)26(36)34(23-10-11-23)24-12-15-27(16-13-24,17-14-25(33)35)21-6-8-22(29)9-7-21/h2-9,18,23-24H,10-17H2,1H3,(H2,33,35). The molecule has 4 nitrogen and oxygen atoms in total. The van der Waals surface area contributed by atoms with Gasteiger partial charge in [0.1, 0.15) is 5.82 Å². The molecule has 194 valence electrons. The topological polar surface area (TPSA) is 63.4 Å². The second-order valence-corrected chi connectivity index (χ2v) is 10.3. The predicted octanol–water partition coefficient (Wildman–Crippen LogP) is 6.24. The Balaban J connectivity index is 1.50. The highest BCUT2D eigenvalue weighted by Gasteiger charge is 2.44. The molecule has 0 saturated heterocycles. The predicted molar refractivity (Wildman–Crippen MR) is 129 cm³/mol. The third kappa shape index (κ3) is 5.73. The summed E-state index contributed by atoms with van der Waals surface area (Å²) in [5.41, 5.74) is 6.62. The molecule has 1 unspecified atom stereocenters. The van der Waals surface area contributed by atoms with Crippen LogP contribution in [-0.2, 0) is 10.2 Å². The lowest BCUT2D eigenvalue weighted by molar-refractivity contribution is -0.146. The lowest BCUT2D eigenvalue weighted by atomic mass is 9.65. The van der Waals surface area contributed by atoms with E-state index in [1.54, 1.807) is 12.1 Å². The number of nitrogens with two attached hydrogens (primary N) is 1. The van der Waals surface area contributed by atoms with E-state index in [-0.39, 0.29) is 47.1 Å². The minimum Gasteiger partial charge on any atom is -0.370 e. The van der Waals surface area contributed by atoms with Gasteiger partial charge >= 0.3 is 6.18 Å². The van der Waals surface area contributed by atoms with Crippen molar-refractivity contribution >= 4 is 11.8 Å². The van der Waals surface area contributed by atoms with Gasteiger partial charge < -0.3 is 10.6 Å². The zero-order valence-electron chi connectivity index (χ0n) is 20.4. The van der Waals surface area contributed by atoms with Crippen LogP contribution >= 0.6 is 0 Å². The van der Waals surface area contributed by atoms with Crippen LogP contribution in [0.5, 0.6) is 0 Å². The van der Waals surface area contributed by atoms with Gasteiger partial charge in [-0.3, -0.25) is 9.59 Å². The third-order valence-electron chi connectivity index (χ3n) is 7.94. The van der Waals surface area contributed by atoms with Crippen LogP contribution < -0.4 is 5.73 Å². The van der Waals surface area contributed by atoms with Crippen LogP contribution in [0.1, 0.15) is 85.7 Å². The van der Waals surface area contributed by atoms with E-state index in [1.165, 1.54) is 36.4 Å². The van der Waals surface area contributed by atoms with Crippen LogP contribution in [-0.4, -0.2) is 35.0 Å². The fraction of sp³-hybridized carbons (Fsp3) is 0.500. The molecule has 8 heteroatoms. The maximum Gasteiger partial charge on any atom is 0.395 e. The summed E-state index contributed by atoms with van der Waals surface area (Å²) in [6.45, 7) is 1.11. The van der Waals surface area contributed by atoms with Crippen molar-refractivity contribution in [1.82, 2.24) is 4.90 Å². The van der Waals surface area contributed by atoms with Gasteiger partial charge in [-0.15, -0.1) is 0 Å². The van der Waals surface area contributed by atoms with Crippen molar-refractivity contribution in [3.8, 4) is 0 Å². The summed E-state index contributed by atoms with van der Waals surface area (Å²) >= 11 is 0. The van der Waals surface area contributed by atoms with Crippen LogP contribution in [0.2, 0.25) is 0 Å². The first-order valence-corrected chi connectivity index (χ1v) is 12.5. The van der Waals surface area contributed by atoms with Crippen molar-refractivity contribution in [1.29, 1.82) is 0 Å². The Bertz CT molecular complexity index is 1070. The van der Waals surface area contributed by atoms with Crippen molar-refractivity contribution in [2.45, 2.75) is 87.9 Å². The van der Waals surface area contributed by atoms with E-state index in [0.717, 1.165) is 51.0 Å². The molecule has 4 rings (SSSR count). The number of carbonyl (C=O) groups excluding carboxylic acids is 2.